The second-order valence-corrected chi connectivity index (χ2v) is 10.2. The molecule has 0 atom stereocenters. The molecule has 4 aromatic rings. The number of halogens is 2. The van der Waals surface area contributed by atoms with Crippen molar-refractivity contribution in [1.29, 1.82) is 0 Å². The number of hydrogen-bond donors (Lipinski definition) is 4. The Kier molecular flexibility index (Phi) is 9.30. The highest BCUT2D eigenvalue weighted by Crippen LogP contribution is 2.24. The molecule has 0 saturated heterocycles. The maximum Gasteiger partial charge on any atom is 0.233 e. The molecule has 0 bridgehead atoms. The van der Waals surface area contributed by atoms with E-state index in [4.69, 9.17) is 0 Å². The second kappa shape index (κ2) is 13.6. The fraction of sp³-hybridized carbons (Fsp3) is 0.290. The number of carbonyl (C=O) groups excluding carboxylic acids is 1. The number of nitrogens with zero attached hydrogens (tertiary/aromatic N) is 3. The summed E-state index contributed by atoms with van der Waals surface area (Å²) in [5, 5.41) is 12.5. The predicted octanol–water partition coefficient (Wildman–Crippen LogP) is 6.68. The lowest BCUT2D eigenvalue weighted by Crippen LogP contribution is -2.19. The standard InChI is InChI=1S/C31H33F2N7O/c32-24-13-9-23(10-14-24)20-35-30-38-29(34-19-22-5-2-1-3-6-22)39-31(40-30)37-26-15-11-21(12-16-26)17-28(41)36-27-8-4-7-25(33)18-27/h4,7-16,18,22H,1-3,5-6,17,19-20H2,(H,36,41)(H3,34,35,37,38,39,40). The Labute approximate surface area is 238 Å². The third-order valence-electron chi connectivity index (χ3n) is 6.96. The third kappa shape index (κ3) is 8.69. The Morgan fingerprint density at radius 1 is 0.732 bits per heavy atom. The minimum absolute atomic E-state index is 0.148. The Morgan fingerprint density at radius 3 is 2.15 bits per heavy atom. The summed E-state index contributed by atoms with van der Waals surface area (Å²) >= 11 is 0. The monoisotopic (exact) mass is 557 g/mol. The number of anilines is 5. The van der Waals surface area contributed by atoms with Crippen molar-refractivity contribution in [3.8, 4) is 0 Å². The van der Waals surface area contributed by atoms with Gasteiger partial charge in [-0.3, -0.25) is 4.79 Å². The van der Waals surface area contributed by atoms with Gasteiger partial charge in [-0.1, -0.05) is 49.6 Å². The lowest BCUT2D eigenvalue weighted by Gasteiger charge is -2.21. The van der Waals surface area contributed by atoms with E-state index in [1.54, 1.807) is 24.3 Å². The van der Waals surface area contributed by atoms with E-state index in [2.05, 4.69) is 36.2 Å². The summed E-state index contributed by atoms with van der Waals surface area (Å²) in [5.41, 5.74) is 2.86. The maximum atomic E-state index is 13.4. The van der Waals surface area contributed by atoms with Crippen molar-refractivity contribution in [3.63, 3.8) is 0 Å². The fourth-order valence-corrected chi connectivity index (χ4v) is 4.79. The zero-order valence-corrected chi connectivity index (χ0v) is 22.7. The smallest absolute Gasteiger partial charge is 0.233 e. The summed E-state index contributed by atoms with van der Waals surface area (Å²) in [6, 6.07) is 19.4. The molecule has 1 amide bonds. The number of amides is 1. The van der Waals surface area contributed by atoms with Crippen LogP contribution in [0.2, 0.25) is 0 Å². The number of nitrogens with one attached hydrogen (secondary N) is 4. The molecular formula is C31H33F2N7O. The highest BCUT2D eigenvalue weighted by molar-refractivity contribution is 5.92. The number of hydrogen-bond acceptors (Lipinski definition) is 7. The summed E-state index contributed by atoms with van der Waals surface area (Å²) in [5.74, 6) is 0.899. The molecule has 0 radical (unpaired) electrons. The van der Waals surface area contributed by atoms with E-state index in [0.29, 0.717) is 36.0 Å². The average Bonchev–Trinajstić information content (AvgIpc) is 2.97. The van der Waals surface area contributed by atoms with Crippen molar-refractivity contribution in [2.24, 2.45) is 5.92 Å². The molecule has 1 aliphatic carbocycles. The molecule has 1 aliphatic rings. The summed E-state index contributed by atoms with van der Waals surface area (Å²) < 4.78 is 26.7. The van der Waals surface area contributed by atoms with Crippen LogP contribution >= 0.6 is 0 Å². The normalized spacial score (nSPS) is 13.4. The molecule has 41 heavy (non-hydrogen) atoms. The lowest BCUT2D eigenvalue weighted by molar-refractivity contribution is -0.115. The van der Waals surface area contributed by atoms with Gasteiger partial charge in [0, 0.05) is 24.5 Å². The SMILES string of the molecule is O=C(Cc1ccc(Nc2nc(NCc3ccc(F)cc3)nc(NCC3CCCCC3)n2)cc1)Nc1cccc(F)c1. The molecule has 10 heteroatoms. The van der Waals surface area contributed by atoms with E-state index in [-0.39, 0.29) is 18.1 Å². The van der Waals surface area contributed by atoms with Gasteiger partial charge in [0.15, 0.2) is 0 Å². The van der Waals surface area contributed by atoms with Gasteiger partial charge in [0.25, 0.3) is 0 Å². The first-order chi connectivity index (χ1) is 20.0. The predicted molar refractivity (Wildman–Crippen MR) is 157 cm³/mol. The van der Waals surface area contributed by atoms with Gasteiger partial charge < -0.3 is 21.3 Å². The minimum Gasteiger partial charge on any atom is -0.354 e. The molecule has 1 heterocycles. The molecule has 5 rings (SSSR count). The first-order valence-electron chi connectivity index (χ1n) is 13.9. The van der Waals surface area contributed by atoms with Crippen LogP contribution in [-0.2, 0) is 17.8 Å². The molecular weight excluding hydrogens is 524 g/mol. The minimum atomic E-state index is -0.405. The number of aromatic nitrogens is 3. The molecule has 3 aromatic carbocycles. The van der Waals surface area contributed by atoms with E-state index < -0.39 is 5.82 Å². The summed E-state index contributed by atoms with van der Waals surface area (Å²) in [6.45, 7) is 1.23. The van der Waals surface area contributed by atoms with Gasteiger partial charge in [-0.15, -0.1) is 0 Å². The fourth-order valence-electron chi connectivity index (χ4n) is 4.79. The summed E-state index contributed by atoms with van der Waals surface area (Å²) in [7, 11) is 0. The van der Waals surface area contributed by atoms with E-state index in [1.807, 2.05) is 24.3 Å². The van der Waals surface area contributed by atoms with Crippen molar-refractivity contribution < 1.29 is 13.6 Å². The van der Waals surface area contributed by atoms with E-state index in [1.165, 1.54) is 56.4 Å². The maximum absolute atomic E-state index is 13.4. The second-order valence-electron chi connectivity index (χ2n) is 10.2. The summed E-state index contributed by atoms with van der Waals surface area (Å²) in [6.07, 6.45) is 6.35. The third-order valence-corrected chi connectivity index (χ3v) is 6.96. The first kappa shape index (κ1) is 27.9. The van der Waals surface area contributed by atoms with Crippen LogP contribution in [0.4, 0.5) is 38.0 Å². The van der Waals surface area contributed by atoms with Crippen molar-refractivity contribution in [1.82, 2.24) is 15.0 Å². The van der Waals surface area contributed by atoms with Crippen LogP contribution in [-0.4, -0.2) is 27.4 Å². The topological polar surface area (TPSA) is 104 Å². The van der Waals surface area contributed by atoms with Gasteiger partial charge in [-0.05, 0) is 72.4 Å². The van der Waals surface area contributed by atoms with Crippen LogP contribution in [0.25, 0.3) is 0 Å². The molecule has 1 saturated carbocycles. The number of rotatable bonds is 11. The number of carbonyl (C=O) groups is 1. The summed E-state index contributed by atoms with van der Waals surface area (Å²) in [4.78, 5) is 26.0. The van der Waals surface area contributed by atoms with Crippen LogP contribution in [0.5, 0.6) is 0 Å². The molecule has 0 unspecified atom stereocenters. The molecule has 1 aromatic heterocycles. The Bertz CT molecular complexity index is 1440. The van der Waals surface area contributed by atoms with E-state index in [0.717, 1.165) is 23.4 Å². The van der Waals surface area contributed by atoms with E-state index in [9.17, 15) is 13.6 Å². The van der Waals surface area contributed by atoms with Crippen LogP contribution in [0.3, 0.4) is 0 Å². The molecule has 212 valence electrons. The number of benzene rings is 3. The molecule has 8 nitrogen and oxygen atoms in total. The highest BCUT2D eigenvalue weighted by Gasteiger charge is 2.15. The molecule has 1 fully saturated rings. The van der Waals surface area contributed by atoms with Crippen molar-refractivity contribution in [3.05, 3.63) is 95.6 Å². The van der Waals surface area contributed by atoms with Gasteiger partial charge >= 0.3 is 0 Å². The van der Waals surface area contributed by atoms with Crippen LogP contribution < -0.4 is 21.3 Å². The van der Waals surface area contributed by atoms with E-state index >= 15 is 0 Å². The van der Waals surface area contributed by atoms with Crippen molar-refractivity contribution in [2.75, 3.05) is 27.8 Å². The van der Waals surface area contributed by atoms with Gasteiger partial charge in [0.1, 0.15) is 11.6 Å². The van der Waals surface area contributed by atoms with Crippen LogP contribution in [0.15, 0.2) is 72.8 Å². The highest BCUT2D eigenvalue weighted by atomic mass is 19.1. The largest absolute Gasteiger partial charge is 0.354 e. The van der Waals surface area contributed by atoms with Gasteiger partial charge in [-0.25, -0.2) is 8.78 Å². The Hall–Kier alpha value is -4.60. The van der Waals surface area contributed by atoms with Crippen LogP contribution in [0.1, 0.15) is 43.2 Å². The Morgan fingerprint density at radius 2 is 1.41 bits per heavy atom. The van der Waals surface area contributed by atoms with Gasteiger partial charge in [-0.2, -0.15) is 15.0 Å². The first-order valence-corrected chi connectivity index (χ1v) is 13.9. The average molecular weight is 558 g/mol. The van der Waals surface area contributed by atoms with Crippen molar-refractivity contribution in [2.45, 2.75) is 45.1 Å². The molecule has 4 N–H and O–H groups in total. The van der Waals surface area contributed by atoms with Gasteiger partial charge in [0.2, 0.25) is 23.8 Å². The van der Waals surface area contributed by atoms with Crippen molar-refractivity contribution >= 4 is 35.1 Å². The molecule has 0 spiro atoms. The Balaban J connectivity index is 1.24. The zero-order chi connectivity index (χ0) is 28.4. The van der Waals surface area contributed by atoms with Gasteiger partial charge in [0.05, 0.1) is 6.42 Å². The molecule has 0 aliphatic heterocycles. The zero-order valence-electron chi connectivity index (χ0n) is 22.7. The quantitative estimate of drug-likeness (QED) is 0.163. The van der Waals surface area contributed by atoms with Crippen LogP contribution in [0, 0.1) is 17.6 Å². The lowest BCUT2D eigenvalue weighted by atomic mass is 9.89.